The molecule has 4 aromatic rings. The van der Waals surface area contributed by atoms with Crippen LogP contribution in [0, 0.1) is 0 Å². The molecule has 2 heterocycles. The van der Waals surface area contributed by atoms with E-state index in [1.807, 2.05) is 41.3 Å². The molecule has 128 valence electrons. The van der Waals surface area contributed by atoms with Crippen molar-refractivity contribution in [2.45, 2.75) is 13.1 Å². The van der Waals surface area contributed by atoms with Gasteiger partial charge in [0.25, 0.3) is 5.56 Å². The van der Waals surface area contributed by atoms with E-state index >= 15 is 0 Å². The van der Waals surface area contributed by atoms with Gasteiger partial charge in [0, 0.05) is 25.5 Å². The van der Waals surface area contributed by atoms with Gasteiger partial charge in [0.2, 0.25) is 5.95 Å². The van der Waals surface area contributed by atoms with Crippen LogP contribution < -0.4 is 10.5 Å². The van der Waals surface area contributed by atoms with Gasteiger partial charge in [-0.25, -0.2) is 9.97 Å². The Hall–Kier alpha value is -3.54. The molecule has 2 aromatic heterocycles. The first-order valence-corrected chi connectivity index (χ1v) is 8.33. The molecule has 1 N–H and O–H groups in total. The standard InChI is InChI=1S/C20H17N5O/c26-19-17-18(22-12-11-21-17)23-20(24-19)25(13-15-7-3-1-4-8-15)14-16-9-5-2-6-10-16/h1-12H,13-14H2,(H,22,23,24,26). The Morgan fingerprint density at radius 2 is 1.38 bits per heavy atom. The van der Waals surface area contributed by atoms with Gasteiger partial charge in [-0.15, -0.1) is 0 Å². The van der Waals surface area contributed by atoms with Crippen LogP contribution in [0.2, 0.25) is 0 Å². The molecule has 0 fully saturated rings. The van der Waals surface area contributed by atoms with Crippen molar-refractivity contribution in [3.63, 3.8) is 0 Å². The van der Waals surface area contributed by atoms with Gasteiger partial charge in [-0.1, -0.05) is 60.7 Å². The van der Waals surface area contributed by atoms with E-state index in [0.29, 0.717) is 24.7 Å². The summed E-state index contributed by atoms with van der Waals surface area (Å²) in [6.45, 7) is 1.23. The maximum absolute atomic E-state index is 12.4. The molecule has 0 unspecified atom stereocenters. The van der Waals surface area contributed by atoms with Crippen LogP contribution in [0.3, 0.4) is 0 Å². The fourth-order valence-corrected chi connectivity index (χ4v) is 2.82. The summed E-state index contributed by atoms with van der Waals surface area (Å²) in [5, 5.41) is 0. The van der Waals surface area contributed by atoms with Crippen LogP contribution in [0.5, 0.6) is 0 Å². The molecule has 0 amide bonds. The molecule has 0 spiro atoms. The van der Waals surface area contributed by atoms with Crippen molar-refractivity contribution in [1.29, 1.82) is 0 Å². The van der Waals surface area contributed by atoms with Crippen molar-refractivity contribution in [3.8, 4) is 0 Å². The van der Waals surface area contributed by atoms with Gasteiger partial charge in [0.15, 0.2) is 11.2 Å². The van der Waals surface area contributed by atoms with Crippen LogP contribution >= 0.6 is 0 Å². The number of hydrogen-bond donors (Lipinski definition) is 1. The fourth-order valence-electron chi connectivity index (χ4n) is 2.82. The fraction of sp³-hybridized carbons (Fsp3) is 0.100. The first-order valence-electron chi connectivity index (χ1n) is 8.33. The molecular formula is C20H17N5O. The Bertz CT molecular complexity index is 1020. The Balaban J connectivity index is 1.75. The second-order valence-corrected chi connectivity index (χ2v) is 5.95. The number of H-pyrrole nitrogens is 1. The maximum Gasteiger partial charge on any atom is 0.280 e. The minimum Gasteiger partial charge on any atom is -0.334 e. The molecule has 2 aromatic carbocycles. The summed E-state index contributed by atoms with van der Waals surface area (Å²) in [4.78, 5) is 30.0. The van der Waals surface area contributed by atoms with Crippen molar-refractivity contribution in [2.75, 3.05) is 4.90 Å². The molecule has 0 saturated carbocycles. The molecule has 0 bridgehead atoms. The number of hydrogen-bond acceptors (Lipinski definition) is 5. The highest BCUT2D eigenvalue weighted by molar-refractivity contribution is 5.69. The SMILES string of the molecule is O=c1[nH]c(N(Cc2ccccc2)Cc2ccccc2)nc2nccnc12. The van der Waals surface area contributed by atoms with Crippen LogP contribution in [0.25, 0.3) is 11.2 Å². The van der Waals surface area contributed by atoms with Gasteiger partial charge in [-0.05, 0) is 11.1 Å². The summed E-state index contributed by atoms with van der Waals surface area (Å²) in [5.41, 5.74) is 2.56. The second-order valence-electron chi connectivity index (χ2n) is 5.95. The lowest BCUT2D eigenvalue weighted by molar-refractivity contribution is 0.763. The van der Waals surface area contributed by atoms with Crippen molar-refractivity contribution >= 4 is 17.1 Å². The highest BCUT2D eigenvalue weighted by atomic mass is 16.1. The number of nitrogens with zero attached hydrogens (tertiary/aromatic N) is 4. The van der Waals surface area contributed by atoms with Gasteiger partial charge in [-0.2, -0.15) is 4.98 Å². The molecule has 0 aliphatic rings. The van der Waals surface area contributed by atoms with Gasteiger partial charge in [-0.3, -0.25) is 9.78 Å². The minimum absolute atomic E-state index is 0.246. The van der Waals surface area contributed by atoms with Crippen molar-refractivity contribution in [2.24, 2.45) is 0 Å². The quantitative estimate of drug-likeness (QED) is 0.603. The second kappa shape index (κ2) is 7.14. The van der Waals surface area contributed by atoms with Gasteiger partial charge in [0.05, 0.1) is 0 Å². The lowest BCUT2D eigenvalue weighted by Crippen LogP contribution is -2.27. The van der Waals surface area contributed by atoms with E-state index in [4.69, 9.17) is 0 Å². The Morgan fingerprint density at radius 1 is 0.808 bits per heavy atom. The van der Waals surface area contributed by atoms with Crippen molar-refractivity contribution in [1.82, 2.24) is 19.9 Å². The topological polar surface area (TPSA) is 74.8 Å². The maximum atomic E-state index is 12.4. The van der Waals surface area contributed by atoms with Crippen LogP contribution in [-0.4, -0.2) is 19.9 Å². The van der Waals surface area contributed by atoms with Crippen molar-refractivity contribution in [3.05, 3.63) is 94.5 Å². The number of rotatable bonds is 5. The first-order chi connectivity index (χ1) is 12.8. The number of aromatic nitrogens is 4. The lowest BCUT2D eigenvalue weighted by atomic mass is 10.2. The summed E-state index contributed by atoms with van der Waals surface area (Å²) in [7, 11) is 0. The molecular weight excluding hydrogens is 326 g/mol. The zero-order valence-electron chi connectivity index (χ0n) is 14.0. The lowest BCUT2D eigenvalue weighted by Gasteiger charge is -2.23. The number of nitrogens with one attached hydrogen (secondary N) is 1. The summed E-state index contributed by atoms with van der Waals surface area (Å²) in [6, 6.07) is 20.2. The molecule has 6 nitrogen and oxygen atoms in total. The molecule has 0 aliphatic heterocycles. The molecule has 4 rings (SSSR count). The summed E-state index contributed by atoms with van der Waals surface area (Å²) in [5.74, 6) is 0.482. The van der Waals surface area contributed by atoms with Gasteiger partial charge < -0.3 is 4.90 Å². The van der Waals surface area contributed by atoms with Gasteiger partial charge >= 0.3 is 0 Å². The zero-order valence-corrected chi connectivity index (χ0v) is 14.0. The van der Waals surface area contributed by atoms with Gasteiger partial charge in [0.1, 0.15) is 0 Å². The Labute approximate surface area is 150 Å². The van der Waals surface area contributed by atoms with E-state index < -0.39 is 0 Å². The highest BCUT2D eigenvalue weighted by Gasteiger charge is 2.14. The molecule has 0 radical (unpaired) electrons. The number of benzene rings is 2. The van der Waals surface area contributed by atoms with Crippen LogP contribution in [0.15, 0.2) is 77.9 Å². The minimum atomic E-state index is -0.288. The average Bonchev–Trinajstić information content (AvgIpc) is 2.69. The highest BCUT2D eigenvalue weighted by Crippen LogP contribution is 2.16. The first kappa shape index (κ1) is 16.0. The third-order valence-electron chi connectivity index (χ3n) is 4.06. The summed E-state index contributed by atoms with van der Waals surface area (Å²) >= 11 is 0. The summed E-state index contributed by atoms with van der Waals surface area (Å²) in [6.07, 6.45) is 3.03. The third-order valence-corrected chi connectivity index (χ3v) is 4.06. The van der Waals surface area contributed by atoms with E-state index in [2.05, 4.69) is 44.2 Å². The number of aromatic amines is 1. The van der Waals surface area contributed by atoms with E-state index in [-0.39, 0.29) is 11.1 Å². The molecule has 0 saturated heterocycles. The molecule has 0 atom stereocenters. The van der Waals surface area contributed by atoms with E-state index in [9.17, 15) is 4.79 Å². The molecule has 6 heteroatoms. The monoisotopic (exact) mass is 343 g/mol. The molecule has 0 aliphatic carbocycles. The predicted molar refractivity (Wildman–Crippen MR) is 101 cm³/mol. The average molecular weight is 343 g/mol. The van der Waals surface area contributed by atoms with Crippen LogP contribution in [-0.2, 0) is 13.1 Å². The van der Waals surface area contributed by atoms with Crippen LogP contribution in [0.1, 0.15) is 11.1 Å². The number of anilines is 1. The van der Waals surface area contributed by atoms with E-state index in [0.717, 1.165) is 11.1 Å². The smallest absolute Gasteiger partial charge is 0.280 e. The predicted octanol–water partition coefficient (Wildman–Crippen LogP) is 2.92. The third kappa shape index (κ3) is 3.44. The van der Waals surface area contributed by atoms with Crippen molar-refractivity contribution < 1.29 is 0 Å². The largest absolute Gasteiger partial charge is 0.334 e. The Morgan fingerprint density at radius 3 is 2.00 bits per heavy atom. The summed E-state index contributed by atoms with van der Waals surface area (Å²) < 4.78 is 0. The number of fused-ring (bicyclic) bond motifs is 1. The zero-order chi connectivity index (χ0) is 17.8. The van der Waals surface area contributed by atoms with Crippen LogP contribution in [0.4, 0.5) is 5.95 Å². The normalized spacial score (nSPS) is 10.8. The van der Waals surface area contributed by atoms with E-state index in [1.54, 1.807) is 0 Å². The van der Waals surface area contributed by atoms with E-state index in [1.165, 1.54) is 12.4 Å². The molecule has 26 heavy (non-hydrogen) atoms. The Kier molecular flexibility index (Phi) is 4.38.